The second-order valence-electron chi connectivity index (χ2n) is 3.95. The maximum atomic E-state index is 11.2. The number of carbonyl (C=O) groups is 1. The lowest BCUT2D eigenvalue weighted by molar-refractivity contribution is -0.119. The first-order chi connectivity index (χ1) is 8.11. The average molecular weight is 252 g/mol. The van der Waals surface area contributed by atoms with Gasteiger partial charge in [-0.1, -0.05) is 17.7 Å². The molecule has 0 aliphatic heterocycles. The molecular formula is C12H14ClN3O. The molecule has 0 saturated heterocycles. The number of H-pyrrole nitrogens is 1. The maximum absolute atomic E-state index is 11.2. The number of aromatic amines is 1. The second kappa shape index (κ2) is 4.77. The van der Waals surface area contributed by atoms with Crippen LogP contribution < -0.4 is 11.1 Å². The number of aromatic nitrogens is 1. The third kappa shape index (κ3) is 2.43. The number of nitrogens with one attached hydrogen (secondary N) is 2. The highest BCUT2D eigenvalue weighted by atomic mass is 35.5. The topological polar surface area (TPSA) is 70.9 Å². The zero-order valence-electron chi connectivity index (χ0n) is 9.46. The van der Waals surface area contributed by atoms with E-state index in [0.29, 0.717) is 11.4 Å². The van der Waals surface area contributed by atoms with Crippen LogP contribution in [0.25, 0.3) is 10.9 Å². The minimum atomic E-state index is -0.357. The van der Waals surface area contributed by atoms with E-state index in [2.05, 4.69) is 10.3 Å². The number of rotatable bonds is 4. The van der Waals surface area contributed by atoms with Crippen LogP contribution in [0, 0.1) is 0 Å². The van der Waals surface area contributed by atoms with E-state index in [4.69, 9.17) is 17.3 Å². The van der Waals surface area contributed by atoms with Gasteiger partial charge in [0.25, 0.3) is 0 Å². The Bertz CT molecular complexity index is 550. The Balaban J connectivity index is 2.33. The van der Waals surface area contributed by atoms with Crippen molar-refractivity contribution in [3.05, 3.63) is 35.0 Å². The molecule has 1 atom stereocenters. The summed E-state index contributed by atoms with van der Waals surface area (Å²) in [5.41, 5.74) is 7.31. The van der Waals surface area contributed by atoms with Crippen LogP contribution in [0.2, 0.25) is 5.02 Å². The third-order valence-corrected chi connectivity index (χ3v) is 3.08. The standard InChI is InChI=1S/C12H14ClN3O/c1-15-11(12(14)17)4-7-6-16-10-5-8(13)2-3-9(7)10/h2-3,5-6,11,15-16H,4H2,1H3,(H2,14,17)/t11-/m0/s1. The van der Waals surface area contributed by atoms with Crippen molar-refractivity contribution in [2.75, 3.05) is 7.05 Å². The van der Waals surface area contributed by atoms with E-state index in [-0.39, 0.29) is 11.9 Å². The van der Waals surface area contributed by atoms with E-state index < -0.39 is 0 Å². The number of nitrogens with two attached hydrogens (primary N) is 1. The molecule has 1 heterocycles. The van der Waals surface area contributed by atoms with E-state index >= 15 is 0 Å². The Hall–Kier alpha value is -1.52. The number of hydrogen-bond donors (Lipinski definition) is 3. The minimum Gasteiger partial charge on any atom is -0.368 e. The highest BCUT2D eigenvalue weighted by molar-refractivity contribution is 6.31. The Morgan fingerprint density at radius 1 is 1.59 bits per heavy atom. The van der Waals surface area contributed by atoms with Crippen molar-refractivity contribution in [2.24, 2.45) is 5.73 Å². The fourth-order valence-corrected chi connectivity index (χ4v) is 2.06. The van der Waals surface area contributed by atoms with Gasteiger partial charge < -0.3 is 16.0 Å². The average Bonchev–Trinajstić information content (AvgIpc) is 2.67. The zero-order chi connectivity index (χ0) is 12.4. The van der Waals surface area contributed by atoms with Crippen LogP contribution in [-0.4, -0.2) is 24.0 Å². The quantitative estimate of drug-likeness (QED) is 0.770. The van der Waals surface area contributed by atoms with Gasteiger partial charge in [-0.3, -0.25) is 4.79 Å². The van der Waals surface area contributed by atoms with Crippen LogP contribution >= 0.6 is 11.6 Å². The van der Waals surface area contributed by atoms with Crippen molar-refractivity contribution < 1.29 is 4.79 Å². The van der Waals surface area contributed by atoms with Gasteiger partial charge in [0.15, 0.2) is 0 Å². The first kappa shape index (κ1) is 12.0. The fourth-order valence-electron chi connectivity index (χ4n) is 1.89. The molecule has 0 unspecified atom stereocenters. The van der Waals surface area contributed by atoms with E-state index in [1.807, 2.05) is 24.4 Å². The second-order valence-corrected chi connectivity index (χ2v) is 4.39. The Labute approximate surface area is 104 Å². The molecule has 90 valence electrons. The lowest BCUT2D eigenvalue weighted by Gasteiger charge is -2.11. The van der Waals surface area contributed by atoms with Crippen molar-refractivity contribution in [1.29, 1.82) is 0 Å². The molecule has 0 aliphatic carbocycles. The van der Waals surface area contributed by atoms with Gasteiger partial charge in [-0.05, 0) is 31.2 Å². The van der Waals surface area contributed by atoms with E-state index in [1.54, 1.807) is 7.05 Å². The molecule has 0 saturated carbocycles. The largest absolute Gasteiger partial charge is 0.368 e. The van der Waals surface area contributed by atoms with Crippen molar-refractivity contribution in [2.45, 2.75) is 12.5 Å². The predicted octanol–water partition coefficient (Wildman–Crippen LogP) is 1.44. The number of primary amides is 1. The van der Waals surface area contributed by atoms with Gasteiger partial charge in [-0.2, -0.15) is 0 Å². The highest BCUT2D eigenvalue weighted by Gasteiger charge is 2.15. The van der Waals surface area contributed by atoms with Crippen molar-refractivity contribution in [3.8, 4) is 0 Å². The Morgan fingerprint density at radius 2 is 2.35 bits per heavy atom. The van der Waals surface area contributed by atoms with E-state index in [1.165, 1.54) is 0 Å². The fraction of sp³-hybridized carbons (Fsp3) is 0.250. The molecule has 1 aromatic carbocycles. The smallest absolute Gasteiger partial charge is 0.234 e. The number of halogens is 1. The molecule has 4 N–H and O–H groups in total. The van der Waals surface area contributed by atoms with Crippen LogP contribution in [0.1, 0.15) is 5.56 Å². The molecule has 1 aromatic heterocycles. The summed E-state index contributed by atoms with van der Waals surface area (Å²) in [5, 5.41) is 4.65. The summed E-state index contributed by atoms with van der Waals surface area (Å²) < 4.78 is 0. The molecular weight excluding hydrogens is 238 g/mol. The summed E-state index contributed by atoms with van der Waals surface area (Å²) in [4.78, 5) is 14.3. The summed E-state index contributed by atoms with van der Waals surface area (Å²) in [6.07, 6.45) is 2.45. The first-order valence-corrected chi connectivity index (χ1v) is 5.71. The van der Waals surface area contributed by atoms with Crippen LogP contribution in [0.3, 0.4) is 0 Å². The summed E-state index contributed by atoms with van der Waals surface area (Å²) in [6, 6.07) is 5.28. The normalized spacial score (nSPS) is 12.8. The lowest BCUT2D eigenvalue weighted by Crippen LogP contribution is -2.40. The molecule has 0 bridgehead atoms. The number of hydrogen-bond acceptors (Lipinski definition) is 2. The molecule has 2 rings (SSSR count). The van der Waals surface area contributed by atoms with Crippen LogP contribution in [0.5, 0.6) is 0 Å². The molecule has 0 radical (unpaired) electrons. The monoisotopic (exact) mass is 251 g/mol. The lowest BCUT2D eigenvalue weighted by atomic mass is 10.0. The van der Waals surface area contributed by atoms with Crippen LogP contribution in [0.4, 0.5) is 0 Å². The Kier molecular flexibility index (Phi) is 3.36. The van der Waals surface area contributed by atoms with Crippen molar-refractivity contribution in [1.82, 2.24) is 10.3 Å². The molecule has 2 aromatic rings. The summed E-state index contributed by atoms with van der Waals surface area (Å²) in [6.45, 7) is 0. The number of likely N-dealkylation sites (N-methyl/N-ethyl adjacent to an activating group) is 1. The third-order valence-electron chi connectivity index (χ3n) is 2.85. The molecule has 17 heavy (non-hydrogen) atoms. The summed E-state index contributed by atoms with van der Waals surface area (Å²) in [7, 11) is 1.72. The van der Waals surface area contributed by atoms with Gasteiger partial charge in [0.05, 0.1) is 6.04 Å². The summed E-state index contributed by atoms with van der Waals surface area (Å²) in [5.74, 6) is -0.351. The van der Waals surface area contributed by atoms with Gasteiger partial charge in [0.2, 0.25) is 5.91 Å². The minimum absolute atomic E-state index is 0.351. The molecule has 0 spiro atoms. The molecule has 4 nitrogen and oxygen atoms in total. The van der Waals surface area contributed by atoms with Crippen molar-refractivity contribution >= 4 is 28.4 Å². The van der Waals surface area contributed by atoms with Gasteiger partial charge >= 0.3 is 0 Å². The Morgan fingerprint density at radius 3 is 3.00 bits per heavy atom. The predicted molar refractivity (Wildman–Crippen MR) is 69.1 cm³/mol. The van der Waals surface area contributed by atoms with Gasteiger partial charge in [-0.25, -0.2) is 0 Å². The number of carbonyl (C=O) groups excluding carboxylic acids is 1. The maximum Gasteiger partial charge on any atom is 0.234 e. The molecule has 0 aliphatic rings. The SMILES string of the molecule is CN[C@@H](Cc1c[nH]c2cc(Cl)ccc12)C(N)=O. The van der Waals surface area contributed by atoms with Gasteiger partial charge in [0.1, 0.15) is 0 Å². The van der Waals surface area contributed by atoms with E-state index in [9.17, 15) is 4.79 Å². The number of amides is 1. The summed E-state index contributed by atoms with van der Waals surface area (Å²) >= 11 is 5.90. The first-order valence-electron chi connectivity index (χ1n) is 5.34. The van der Waals surface area contributed by atoms with Crippen molar-refractivity contribution in [3.63, 3.8) is 0 Å². The number of benzene rings is 1. The van der Waals surface area contributed by atoms with Gasteiger partial charge in [0, 0.05) is 22.1 Å². The van der Waals surface area contributed by atoms with E-state index in [0.717, 1.165) is 16.5 Å². The number of fused-ring (bicyclic) bond motifs is 1. The van der Waals surface area contributed by atoms with Crippen LogP contribution in [-0.2, 0) is 11.2 Å². The molecule has 5 heteroatoms. The van der Waals surface area contributed by atoms with Crippen LogP contribution in [0.15, 0.2) is 24.4 Å². The zero-order valence-corrected chi connectivity index (χ0v) is 10.2. The molecule has 1 amide bonds. The highest BCUT2D eigenvalue weighted by Crippen LogP contribution is 2.22. The van der Waals surface area contributed by atoms with Gasteiger partial charge in [-0.15, -0.1) is 0 Å². The molecule has 0 fully saturated rings.